The molecule has 3 heterocycles. The zero-order valence-corrected chi connectivity index (χ0v) is 20.5. The summed E-state index contributed by atoms with van der Waals surface area (Å²) in [4.78, 5) is 10.5. The summed E-state index contributed by atoms with van der Waals surface area (Å²) in [5.74, 6) is 0.786. The molecule has 0 amide bonds. The van der Waals surface area contributed by atoms with Crippen LogP contribution in [0.4, 0.5) is 16.4 Å². The van der Waals surface area contributed by atoms with E-state index in [1.165, 1.54) is 32.5 Å². The second-order valence-corrected chi connectivity index (χ2v) is 10.8. The maximum absolute atomic E-state index is 9.90. The molecule has 0 bridgehead atoms. The summed E-state index contributed by atoms with van der Waals surface area (Å²) >= 11 is 4.96. The molecule has 34 heavy (non-hydrogen) atoms. The van der Waals surface area contributed by atoms with Gasteiger partial charge in [-0.2, -0.15) is 5.26 Å². The van der Waals surface area contributed by atoms with Crippen molar-refractivity contribution in [2.45, 2.75) is 9.79 Å². The molecule has 1 aliphatic heterocycles. The molecule has 0 saturated carbocycles. The van der Waals surface area contributed by atoms with Crippen LogP contribution in [-0.4, -0.2) is 12.1 Å². The summed E-state index contributed by atoms with van der Waals surface area (Å²) in [6.07, 6.45) is 1.93. The summed E-state index contributed by atoms with van der Waals surface area (Å²) in [7, 11) is 1.65. The highest BCUT2D eigenvalue weighted by Crippen LogP contribution is 2.52. The molecule has 6 rings (SSSR count). The minimum atomic E-state index is 0.559. The summed E-state index contributed by atoms with van der Waals surface area (Å²) < 4.78 is 6.32. The molecular weight excluding hydrogens is 479 g/mol. The minimum absolute atomic E-state index is 0.559. The Morgan fingerprint density at radius 1 is 0.941 bits per heavy atom. The standard InChI is InChI=1S/C27H17N3OS3/c1-31-18-10-12-20-25(15-18)34-27(29-20)17(16-28)14-19-11-13-26(32-19)30-21-6-2-4-8-23(21)33-24-9-5-3-7-22(24)30/h2-15H,1H3/b17-14+. The second kappa shape index (κ2) is 8.65. The van der Waals surface area contributed by atoms with Gasteiger partial charge < -0.3 is 4.74 Å². The first-order valence-electron chi connectivity index (χ1n) is 10.6. The summed E-state index contributed by atoms with van der Waals surface area (Å²) in [6.45, 7) is 0. The van der Waals surface area contributed by atoms with Crippen LogP contribution in [0.2, 0.25) is 0 Å². The lowest BCUT2D eigenvalue weighted by Crippen LogP contribution is -2.13. The Hall–Kier alpha value is -3.57. The number of thiophene rings is 1. The number of methoxy groups -OCH3 is 1. The fourth-order valence-corrected chi connectivity index (χ4v) is 6.91. The van der Waals surface area contributed by atoms with Crippen molar-refractivity contribution >= 4 is 72.7 Å². The number of anilines is 3. The maximum atomic E-state index is 9.90. The fraction of sp³-hybridized carbons (Fsp3) is 0.0370. The van der Waals surface area contributed by atoms with E-state index in [1.54, 1.807) is 30.2 Å². The molecule has 0 aliphatic carbocycles. The van der Waals surface area contributed by atoms with Gasteiger partial charge >= 0.3 is 0 Å². The third-order valence-corrected chi connectivity index (χ3v) is 8.70. The highest BCUT2D eigenvalue weighted by atomic mass is 32.2. The zero-order valence-electron chi connectivity index (χ0n) is 18.1. The highest BCUT2D eigenvalue weighted by molar-refractivity contribution is 7.99. The Morgan fingerprint density at radius 3 is 2.38 bits per heavy atom. The van der Waals surface area contributed by atoms with Crippen molar-refractivity contribution in [3.05, 3.63) is 88.7 Å². The van der Waals surface area contributed by atoms with Crippen molar-refractivity contribution in [2.75, 3.05) is 12.0 Å². The van der Waals surface area contributed by atoms with Gasteiger partial charge in [-0.05, 0) is 60.7 Å². The Balaban J connectivity index is 1.39. The number of para-hydroxylation sites is 2. The van der Waals surface area contributed by atoms with Crippen LogP contribution in [0.5, 0.6) is 5.75 Å². The van der Waals surface area contributed by atoms with E-state index >= 15 is 0 Å². The Labute approximate surface area is 209 Å². The number of benzene rings is 3. The third-order valence-electron chi connectivity index (χ3n) is 5.50. The number of allylic oxidation sites excluding steroid dienone is 1. The van der Waals surface area contributed by atoms with Gasteiger partial charge in [0.25, 0.3) is 0 Å². The molecule has 0 fully saturated rings. The molecule has 164 valence electrons. The number of nitrogens with zero attached hydrogens (tertiary/aromatic N) is 3. The number of nitriles is 1. The molecule has 2 aromatic heterocycles. The lowest BCUT2D eigenvalue weighted by atomic mass is 10.2. The minimum Gasteiger partial charge on any atom is -0.497 e. The number of aromatic nitrogens is 1. The summed E-state index contributed by atoms with van der Waals surface area (Å²) in [6, 6.07) is 29.2. The molecule has 7 heteroatoms. The van der Waals surface area contributed by atoms with E-state index in [9.17, 15) is 5.26 Å². The van der Waals surface area contributed by atoms with Crippen LogP contribution in [0, 0.1) is 11.3 Å². The van der Waals surface area contributed by atoms with Crippen molar-refractivity contribution in [1.29, 1.82) is 5.26 Å². The predicted molar refractivity (Wildman–Crippen MR) is 143 cm³/mol. The van der Waals surface area contributed by atoms with Crippen LogP contribution in [-0.2, 0) is 0 Å². The van der Waals surface area contributed by atoms with E-state index in [1.807, 2.05) is 24.3 Å². The van der Waals surface area contributed by atoms with Gasteiger partial charge in [0.15, 0.2) is 0 Å². The van der Waals surface area contributed by atoms with Crippen molar-refractivity contribution < 1.29 is 4.74 Å². The summed E-state index contributed by atoms with van der Waals surface area (Å²) in [5, 5.41) is 11.7. The molecule has 0 radical (unpaired) electrons. The lowest BCUT2D eigenvalue weighted by Gasteiger charge is -2.31. The van der Waals surface area contributed by atoms with Gasteiger partial charge in [-0.15, -0.1) is 22.7 Å². The van der Waals surface area contributed by atoms with E-state index in [2.05, 4.69) is 76.6 Å². The highest BCUT2D eigenvalue weighted by Gasteiger charge is 2.25. The number of fused-ring (bicyclic) bond motifs is 3. The van der Waals surface area contributed by atoms with Crippen LogP contribution < -0.4 is 9.64 Å². The van der Waals surface area contributed by atoms with E-state index in [-0.39, 0.29) is 0 Å². The average molecular weight is 496 g/mol. The molecule has 5 aromatic rings. The molecule has 0 atom stereocenters. The molecular formula is C27H17N3OS3. The van der Waals surface area contributed by atoms with Crippen LogP contribution in [0.15, 0.2) is 88.7 Å². The molecule has 1 aliphatic rings. The zero-order chi connectivity index (χ0) is 23.1. The monoisotopic (exact) mass is 495 g/mol. The van der Waals surface area contributed by atoms with Gasteiger partial charge in [0.2, 0.25) is 0 Å². The molecule has 3 aromatic carbocycles. The quantitative estimate of drug-likeness (QED) is 0.230. The Kier molecular flexibility index (Phi) is 5.34. The molecule has 0 N–H and O–H groups in total. The first-order chi connectivity index (χ1) is 16.7. The predicted octanol–water partition coefficient (Wildman–Crippen LogP) is 8.36. The Bertz CT molecular complexity index is 1560. The van der Waals surface area contributed by atoms with E-state index in [4.69, 9.17) is 4.74 Å². The topological polar surface area (TPSA) is 49.1 Å². The van der Waals surface area contributed by atoms with Gasteiger partial charge in [0, 0.05) is 14.7 Å². The van der Waals surface area contributed by atoms with Gasteiger partial charge in [0.05, 0.1) is 34.3 Å². The SMILES string of the molecule is COc1ccc2nc(/C(C#N)=C/c3ccc(N4c5ccccc5Sc5ccccc54)s3)sc2c1. The normalized spacial score (nSPS) is 12.8. The van der Waals surface area contributed by atoms with Crippen LogP contribution >= 0.6 is 34.4 Å². The van der Waals surface area contributed by atoms with Gasteiger partial charge in [-0.3, -0.25) is 4.90 Å². The molecule has 4 nitrogen and oxygen atoms in total. The molecule has 0 unspecified atom stereocenters. The molecule has 0 spiro atoms. The second-order valence-electron chi connectivity index (χ2n) is 7.57. The Morgan fingerprint density at radius 2 is 1.68 bits per heavy atom. The van der Waals surface area contributed by atoms with Gasteiger partial charge in [-0.25, -0.2) is 4.98 Å². The largest absolute Gasteiger partial charge is 0.497 e. The first-order valence-corrected chi connectivity index (χ1v) is 13.0. The number of thiazole rings is 1. The van der Waals surface area contributed by atoms with E-state index in [0.717, 1.165) is 25.8 Å². The van der Waals surface area contributed by atoms with Crippen LogP contribution in [0.1, 0.15) is 9.88 Å². The smallest absolute Gasteiger partial charge is 0.135 e. The van der Waals surface area contributed by atoms with Gasteiger partial charge in [-0.1, -0.05) is 36.0 Å². The van der Waals surface area contributed by atoms with E-state index < -0.39 is 0 Å². The lowest BCUT2D eigenvalue weighted by molar-refractivity contribution is 0.415. The maximum Gasteiger partial charge on any atom is 0.135 e. The number of rotatable bonds is 4. The average Bonchev–Trinajstić information content (AvgIpc) is 3.52. The van der Waals surface area contributed by atoms with Gasteiger partial charge in [0.1, 0.15) is 21.8 Å². The number of hydrogen-bond acceptors (Lipinski definition) is 7. The number of ether oxygens (including phenoxy) is 1. The van der Waals surface area contributed by atoms with E-state index in [0.29, 0.717) is 10.6 Å². The first kappa shape index (κ1) is 21.0. The van der Waals surface area contributed by atoms with Crippen molar-refractivity contribution in [2.24, 2.45) is 0 Å². The molecule has 0 saturated heterocycles. The fourth-order valence-electron chi connectivity index (χ4n) is 3.91. The van der Waals surface area contributed by atoms with Crippen LogP contribution in [0.3, 0.4) is 0 Å². The van der Waals surface area contributed by atoms with Crippen molar-refractivity contribution in [3.8, 4) is 11.8 Å². The third kappa shape index (κ3) is 3.66. The van der Waals surface area contributed by atoms with Crippen molar-refractivity contribution in [3.63, 3.8) is 0 Å². The summed E-state index contributed by atoms with van der Waals surface area (Å²) in [5.41, 5.74) is 3.77. The number of hydrogen-bond donors (Lipinski definition) is 0. The van der Waals surface area contributed by atoms with Crippen LogP contribution in [0.25, 0.3) is 21.9 Å². The van der Waals surface area contributed by atoms with Crippen molar-refractivity contribution in [1.82, 2.24) is 4.98 Å².